The van der Waals surface area contributed by atoms with Crippen molar-refractivity contribution >= 4 is 0 Å². The Morgan fingerprint density at radius 3 is 2.64 bits per heavy atom. The Balaban J connectivity index is 2.75. The molecule has 0 radical (unpaired) electrons. The van der Waals surface area contributed by atoms with E-state index in [1.807, 2.05) is 0 Å². The normalized spacial score (nSPS) is 9.45. The van der Waals surface area contributed by atoms with Crippen molar-refractivity contribution in [3.05, 3.63) is 0 Å². The van der Waals surface area contributed by atoms with Crippen LogP contribution in [0.1, 0.15) is 39.0 Å². The fourth-order valence-corrected chi connectivity index (χ4v) is 0.854. The molecule has 0 heterocycles. The van der Waals surface area contributed by atoms with E-state index in [0.717, 1.165) is 38.9 Å². The van der Waals surface area contributed by atoms with Gasteiger partial charge in [-0.1, -0.05) is 13.3 Å². The molecule has 0 amide bonds. The zero-order valence-corrected chi connectivity index (χ0v) is 7.44. The van der Waals surface area contributed by atoms with Gasteiger partial charge in [-0.3, -0.25) is 0 Å². The Labute approximate surface area is 70.1 Å². The summed E-state index contributed by atoms with van der Waals surface area (Å²) in [4.78, 5) is 0. The largest absolute Gasteiger partial charge is 0.381 e. The van der Waals surface area contributed by atoms with Crippen LogP contribution < -0.4 is 0 Å². The monoisotopic (exact) mass is 154 g/mol. The standard InChI is InChI=1S/C10H18O/c1-3-5-6-7-8-10-11-9-4-2/h1H,4-10H2,2H3. The molecule has 11 heavy (non-hydrogen) atoms. The van der Waals surface area contributed by atoms with Gasteiger partial charge in [0.25, 0.3) is 0 Å². The first kappa shape index (κ1) is 10.5. The first-order chi connectivity index (χ1) is 5.41. The summed E-state index contributed by atoms with van der Waals surface area (Å²) in [5, 5.41) is 0. The van der Waals surface area contributed by atoms with E-state index >= 15 is 0 Å². The van der Waals surface area contributed by atoms with Crippen molar-refractivity contribution < 1.29 is 4.74 Å². The summed E-state index contributed by atoms with van der Waals surface area (Å²) in [6.07, 6.45) is 10.6. The molecule has 0 aromatic carbocycles. The summed E-state index contributed by atoms with van der Waals surface area (Å²) in [6.45, 7) is 3.92. The van der Waals surface area contributed by atoms with Crippen molar-refractivity contribution in [2.75, 3.05) is 13.2 Å². The van der Waals surface area contributed by atoms with Gasteiger partial charge in [-0.2, -0.15) is 0 Å². The van der Waals surface area contributed by atoms with E-state index in [4.69, 9.17) is 11.2 Å². The quantitative estimate of drug-likeness (QED) is 0.404. The molecule has 0 aromatic heterocycles. The Morgan fingerprint density at radius 2 is 2.00 bits per heavy atom. The summed E-state index contributed by atoms with van der Waals surface area (Å²) in [7, 11) is 0. The second-order valence-electron chi connectivity index (χ2n) is 2.63. The van der Waals surface area contributed by atoms with Crippen molar-refractivity contribution in [3.63, 3.8) is 0 Å². The smallest absolute Gasteiger partial charge is 0.0466 e. The lowest BCUT2D eigenvalue weighted by atomic mass is 10.2. The van der Waals surface area contributed by atoms with E-state index in [-0.39, 0.29) is 0 Å². The first-order valence-corrected chi connectivity index (χ1v) is 4.43. The summed E-state index contributed by atoms with van der Waals surface area (Å²) < 4.78 is 5.31. The van der Waals surface area contributed by atoms with E-state index in [1.54, 1.807) is 0 Å². The molecule has 0 aromatic rings. The van der Waals surface area contributed by atoms with Gasteiger partial charge in [0.05, 0.1) is 0 Å². The molecule has 0 N–H and O–H groups in total. The molecular formula is C10H18O. The van der Waals surface area contributed by atoms with Gasteiger partial charge in [0, 0.05) is 19.6 Å². The van der Waals surface area contributed by atoms with Crippen molar-refractivity contribution in [1.82, 2.24) is 0 Å². The highest BCUT2D eigenvalue weighted by atomic mass is 16.5. The summed E-state index contributed by atoms with van der Waals surface area (Å²) >= 11 is 0. The fraction of sp³-hybridized carbons (Fsp3) is 0.800. The van der Waals surface area contributed by atoms with Gasteiger partial charge in [0.15, 0.2) is 0 Å². The van der Waals surface area contributed by atoms with E-state index in [0.29, 0.717) is 0 Å². The Bertz CT molecular complexity index is 102. The minimum atomic E-state index is 0.898. The number of hydrogen-bond acceptors (Lipinski definition) is 1. The number of terminal acetylenes is 1. The molecule has 0 rings (SSSR count). The Morgan fingerprint density at radius 1 is 1.18 bits per heavy atom. The molecule has 0 fully saturated rings. The lowest BCUT2D eigenvalue weighted by Gasteiger charge is -2.00. The van der Waals surface area contributed by atoms with E-state index in [2.05, 4.69) is 12.8 Å². The van der Waals surface area contributed by atoms with Gasteiger partial charge in [0.2, 0.25) is 0 Å². The SMILES string of the molecule is C#CCCCCCOCCC. The maximum absolute atomic E-state index is 5.31. The number of unbranched alkanes of at least 4 members (excludes halogenated alkanes) is 3. The fourth-order valence-electron chi connectivity index (χ4n) is 0.854. The molecule has 0 atom stereocenters. The minimum absolute atomic E-state index is 0.898. The highest BCUT2D eigenvalue weighted by Gasteiger charge is 1.87. The third-order valence-corrected chi connectivity index (χ3v) is 1.46. The van der Waals surface area contributed by atoms with Crippen molar-refractivity contribution in [2.45, 2.75) is 39.0 Å². The second kappa shape index (κ2) is 9.52. The number of rotatable bonds is 7. The van der Waals surface area contributed by atoms with Gasteiger partial charge < -0.3 is 4.74 Å². The van der Waals surface area contributed by atoms with E-state index in [1.165, 1.54) is 6.42 Å². The second-order valence-corrected chi connectivity index (χ2v) is 2.63. The van der Waals surface area contributed by atoms with E-state index in [9.17, 15) is 0 Å². The first-order valence-electron chi connectivity index (χ1n) is 4.43. The predicted octanol–water partition coefficient (Wildman–Crippen LogP) is 2.61. The number of ether oxygens (including phenoxy) is 1. The molecule has 1 nitrogen and oxygen atoms in total. The van der Waals surface area contributed by atoms with Crippen LogP contribution in [0.3, 0.4) is 0 Å². The molecule has 0 saturated carbocycles. The average Bonchev–Trinajstić information content (AvgIpc) is 2.03. The third-order valence-electron chi connectivity index (χ3n) is 1.46. The van der Waals surface area contributed by atoms with Crippen LogP contribution in [0.4, 0.5) is 0 Å². The van der Waals surface area contributed by atoms with Crippen LogP contribution in [-0.4, -0.2) is 13.2 Å². The lowest BCUT2D eigenvalue weighted by molar-refractivity contribution is 0.130. The minimum Gasteiger partial charge on any atom is -0.381 e. The maximum Gasteiger partial charge on any atom is 0.0466 e. The van der Waals surface area contributed by atoms with Crippen LogP contribution in [-0.2, 0) is 4.74 Å². The van der Waals surface area contributed by atoms with Crippen LogP contribution in [0.25, 0.3) is 0 Å². The molecule has 1 heteroatoms. The van der Waals surface area contributed by atoms with Crippen LogP contribution in [0, 0.1) is 12.3 Å². The molecule has 0 aliphatic heterocycles. The number of hydrogen-bond donors (Lipinski definition) is 0. The Kier molecular flexibility index (Phi) is 9.10. The molecule has 0 saturated heterocycles. The highest BCUT2D eigenvalue weighted by Crippen LogP contribution is 1.98. The van der Waals surface area contributed by atoms with Gasteiger partial charge in [-0.15, -0.1) is 12.3 Å². The van der Waals surface area contributed by atoms with Crippen molar-refractivity contribution in [1.29, 1.82) is 0 Å². The zero-order chi connectivity index (χ0) is 8.36. The van der Waals surface area contributed by atoms with Crippen molar-refractivity contribution in [3.8, 4) is 12.3 Å². The van der Waals surface area contributed by atoms with Crippen LogP contribution in [0.2, 0.25) is 0 Å². The van der Waals surface area contributed by atoms with Gasteiger partial charge in [-0.05, 0) is 19.3 Å². The topological polar surface area (TPSA) is 9.23 Å². The maximum atomic E-state index is 5.31. The summed E-state index contributed by atoms with van der Waals surface area (Å²) in [5.41, 5.74) is 0. The molecular weight excluding hydrogens is 136 g/mol. The molecule has 0 spiro atoms. The lowest BCUT2D eigenvalue weighted by Crippen LogP contribution is -1.95. The molecule has 0 unspecified atom stereocenters. The van der Waals surface area contributed by atoms with Crippen molar-refractivity contribution in [2.24, 2.45) is 0 Å². The molecule has 0 bridgehead atoms. The predicted molar refractivity (Wildman–Crippen MR) is 48.4 cm³/mol. The third kappa shape index (κ3) is 9.52. The summed E-state index contributed by atoms with van der Waals surface area (Å²) in [5.74, 6) is 2.63. The average molecular weight is 154 g/mol. The van der Waals surface area contributed by atoms with Crippen LogP contribution >= 0.6 is 0 Å². The van der Waals surface area contributed by atoms with E-state index < -0.39 is 0 Å². The van der Waals surface area contributed by atoms with Crippen LogP contribution in [0.5, 0.6) is 0 Å². The Hall–Kier alpha value is -0.480. The van der Waals surface area contributed by atoms with Crippen LogP contribution in [0.15, 0.2) is 0 Å². The highest BCUT2D eigenvalue weighted by molar-refractivity contribution is 4.82. The summed E-state index contributed by atoms with van der Waals surface area (Å²) in [6, 6.07) is 0. The van der Waals surface area contributed by atoms with Gasteiger partial charge in [0.1, 0.15) is 0 Å². The molecule has 0 aliphatic rings. The molecule has 0 aliphatic carbocycles. The molecule has 64 valence electrons. The zero-order valence-electron chi connectivity index (χ0n) is 7.44. The van der Waals surface area contributed by atoms with Gasteiger partial charge in [-0.25, -0.2) is 0 Å². The van der Waals surface area contributed by atoms with Gasteiger partial charge >= 0.3 is 0 Å².